The van der Waals surface area contributed by atoms with Crippen LogP contribution in [0.2, 0.25) is 5.02 Å². The molecular formula is C10H12ClNOS. The van der Waals surface area contributed by atoms with Gasteiger partial charge in [0, 0.05) is 10.3 Å². The monoisotopic (exact) mass is 229 g/mol. The molecule has 0 bridgehead atoms. The van der Waals surface area contributed by atoms with Crippen molar-refractivity contribution in [1.29, 1.82) is 0 Å². The van der Waals surface area contributed by atoms with Gasteiger partial charge in [-0.3, -0.25) is 4.79 Å². The van der Waals surface area contributed by atoms with Crippen molar-refractivity contribution in [1.82, 2.24) is 0 Å². The molecule has 0 aliphatic heterocycles. The molecule has 0 spiro atoms. The summed E-state index contributed by atoms with van der Waals surface area (Å²) in [6.07, 6.45) is 0.824. The number of thioether (sulfide) groups is 1. The highest BCUT2D eigenvalue weighted by Gasteiger charge is 2.07. The molecule has 1 rings (SSSR count). The van der Waals surface area contributed by atoms with Crippen LogP contribution in [0.5, 0.6) is 0 Å². The number of rotatable bonds is 3. The Morgan fingerprint density at radius 2 is 2.07 bits per heavy atom. The average Bonchev–Trinajstić information content (AvgIpc) is 2.07. The van der Waals surface area contributed by atoms with Gasteiger partial charge in [0.2, 0.25) is 0 Å². The van der Waals surface area contributed by atoms with Crippen LogP contribution in [-0.2, 0) is 6.42 Å². The number of nitrogens with two attached hydrogens (primary N) is 1. The molecule has 2 nitrogen and oxygen atoms in total. The minimum absolute atomic E-state index is 0.202. The van der Waals surface area contributed by atoms with Gasteiger partial charge in [0.15, 0.2) is 0 Å². The maximum Gasteiger partial charge on any atom is 0.276 e. The minimum atomic E-state index is -0.327. The zero-order valence-corrected chi connectivity index (χ0v) is 9.44. The SMILES string of the molecule is C[C@@H](Cc1ccc(Cl)cc1)SC(N)=O. The van der Waals surface area contributed by atoms with Crippen LogP contribution in [0.3, 0.4) is 0 Å². The highest BCUT2D eigenvalue weighted by atomic mass is 35.5. The number of primary amides is 1. The zero-order valence-electron chi connectivity index (χ0n) is 7.87. The van der Waals surface area contributed by atoms with Gasteiger partial charge in [0.05, 0.1) is 0 Å². The van der Waals surface area contributed by atoms with E-state index in [0.717, 1.165) is 28.8 Å². The van der Waals surface area contributed by atoms with Gasteiger partial charge in [-0.2, -0.15) is 0 Å². The summed E-state index contributed by atoms with van der Waals surface area (Å²) in [6, 6.07) is 7.61. The van der Waals surface area contributed by atoms with Gasteiger partial charge in [0.25, 0.3) is 5.24 Å². The molecule has 2 N–H and O–H groups in total. The van der Waals surface area contributed by atoms with Gasteiger partial charge in [-0.1, -0.05) is 42.4 Å². The van der Waals surface area contributed by atoms with Crippen LogP contribution in [0.4, 0.5) is 4.79 Å². The quantitative estimate of drug-likeness (QED) is 0.866. The lowest BCUT2D eigenvalue weighted by molar-refractivity contribution is 0.267. The topological polar surface area (TPSA) is 43.1 Å². The zero-order chi connectivity index (χ0) is 10.6. The van der Waals surface area contributed by atoms with E-state index in [-0.39, 0.29) is 10.5 Å². The highest BCUT2D eigenvalue weighted by Crippen LogP contribution is 2.17. The third-order valence-electron chi connectivity index (χ3n) is 1.75. The molecule has 1 amide bonds. The molecule has 1 aromatic rings. The molecule has 0 aliphatic carbocycles. The summed E-state index contributed by atoms with van der Waals surface area (Å²) in [5.74, 6) is 0. The van der Waals surface area contributed by atoms with Crippen molar-refractivity contribution in [3.63, 3.8) is 0 Å². The van der Waals surface area contributed by atoms with E-state index in [1.165, 1.54) is 0 Å². The third-order valence-corrected chi connectivity index (χ3v) is 2.81. The van der Waals surface area contributed by atoms with E-state index in [2.05, 4.69) is 0 Å². The summed E-state index contributed by atoms with van der Waals surface area (Å²) in [6.45, 7) is 1.98. The van der Waals surface area contributed by atoms with Gasteiger partial charge in [-0.25, -0.2) is 0 Å². The lowest BCUT2D eigenvalue weighted by Crippen LogP contribution is -2.10. The van der Waals surface area contributed by atoms with Crippen LogP contribution in [0.25, 0.3) is 0 Å². The van der Waals surface area contributed by atoms with Gasteiger partial charge in [-0.15, -0.1) is 0 Å². The van der Waals surface area contributed by atoms with Crippen LogP contribution in [0.1, 0.15) is 12.5 Å². The van der Waals surface area contributed by atoms with Crippen molar-refractivity contribution < 1.29 is 4.79 Å². The van der Waals surface area contributed by atoms with Crippen molar-refractivity contribution >= 4 is 28.6 Å². The number of hydrogen-bond acceptors (Lipinski definition) is 2. The van der Waals surface area contributed by atoms with Crippen LogP contribution in [0, 0.1) is 0 Å². The van der Waals surface area contributed by atoms with Gasteiger partial charge >= 0.3 is 0 Å². The molecule has 4 heteroatoms. The molecule has 0 heterocycles. The van der Waals surface area contributed by atoms with Crippen LogP contribution in [0.15, 0.2) is 24.3 Å². The Labute approximate surface area is 92.8 Å². The van der Waals surface area contributed by atoms with E-state index < -0.39 is 0 Å². The summed E-state index contributed by atoms with van der Waals surface area (Å²) in [5, 5.41) is 0.601. The Hall–Kier alpha value is -0.670. The first-order valence-corrected chi connectivity index (χ1v) is 5.54. The second-order valence-corrected chi connectivity index (χ2v) is 4.96. The van der Waals surface area contributed by atoms with Crippen LogP contribution in [-0.4, -0.2) is 10.5 Å². The molecule has 0 saturated heterocycles. The Balaban J connectivity index is 2.51. The van der Waals surface area contributed by atoms with Crippen LogP contribution >= 0.6 is 23.4 Å². The molecule has 0 aromatic heterocycles. The minimum Gasteiger partial charge on any atom is -0.361 e. The second kappa shape index (κ2) is 5.27. The Kier molecular flexibility index (Phi) is 4.29. The van der Waals surface area contributed by atoms with Gasteiger partial charge in [-0.05, 0) is 24.1 Å². The van der Waals surface area contributed by atoms with Crippen LogP contribution < -0.4 is 5.73 Å². The number of carbonyl (C=O) groups is 1. The number of hydrogen-bond donors (Lipinski definition) is 1. The maximum atomic E-state index is 10.6. The summed E-state index contributed by atoms with van der Waals surface area (Å²) < 4.78 is 0. The third kappa shape index (κ3) is 4.03. The molecule has 0 unspecified atom stereocenters. The van der Waals surface area contributed by atoms with Crippen molar-refractivity contribution in [3.05, 3.63) is 34.9 Å². The first-order valence-electron chi connectivity index (χ1n) is 4.28. The number of carbonyl (C=O) groups excluding carboxylic acids is 1. The fourth-order valence-corrected chi connectivity index (χ4v) is 1.99. The molecule has 0 saturated carbocycles. The van der Waals surface area contributed by atoms with Gasteiger partial charge in [0.1, 0.15) is 0 Å². The molecule has 0 aliphatic rings. The molecule has 1 aromatic carbocycles. The standard InChI is InChI=1S/C10H12ClNOS/c1-7(14-10(12)13)6-8-2-4-9(11)5-3-8/h2-5,7H,6H2,1H3,(H2,12,13)/t7-/m0/s1. The Morgan fingerprint density at radius 3 is 2.57 bits per heavy atom. The fraction of sp³-hybridized carbons (Fsp3) is 0.300. The number of benzene rings is 1. The summed E-state index contributed by atoms with van der Waals surface area (Å²) in [5.41, 5.74) is 6.24. The molecular weight excluding hydrogens is 218 g/mol. The summed E-state index contributed by atoms with van der Waals surface area (Å²) in [4.78, 5) is 10.6. The first kappa shape index (κ1) is 11.4. The Bertz CT molecular complexity index is 312. The fourth-order valence-electron chi connectivity index (χ4n) is 1.19. The molecule has 14 heavy (non-hydrogen) atoms. The van der Waals surface area contributed by atoms with Crippen molar-refractivity contribution in [3.8, 4) is 0 Å². The summed E-state index contributed by atoms with van der Waals surface area (Å²) in [7, 11) is 0. The Morgan fingerprint density at radius 1 is 1.50 bits per heavy atom. The van der Waals surface area contributed by atoms with Crippen molar-refractivity contribution in [2.75, 3.05) is 0 Å². The van der Waals surface area contributed by atoms with E-state index in [4.69, 9.17) is 17.3 Å². The highest BCUT2D eigenvalue weighted by molar-refractivity contribution is 8.14. The molecule has 1 atom stereocenters. The maximum absolute atomic E-state index is 10.6. The number of halogens is 1. The lowest BCUT2D eigenvalue weighted by Gasteiger charge is -2.08. The largest absolute Gasteiger partial charge is 0.361 e. The molecule has 76 valence electrons. The predicted molar refractivity (Wildman–Crippen MR) is 61.8 cm³/mol. The number of amides is 1. The lowest BCUT2D eigenvalue weighted by atomic mass is 10.1. The average molecular weight is 230 g/mol. The van der Waals surface area contributed by atoms with Crippen molar-refractivity contribution in [2.24, 2.45) is 5.73 Å². The van der Waals surface area contributed by atoms with E-state index in [1.807, 2.05) is 31.2 Å². The smallest absolute Gasteiger partial charge is 0.276 e. The first-order chi connectivity index (χ1) is 6.58. The normalized spacial score (nSPS) is 12.4. The molecule has 0 radical (unpaired) electrons. The van der Waals surface area contributed by atoms with Crippen molar-refractivity contribution in [2.45, 2.75) is 18.6 Å². The van der Waals surface area contributed by atoms with E-state index in [0.29, 0.717) is 0 Å². The van der Waals surface area contributed by atoms with E-state index in [9.17, 15) is 4.79 Å². The second-order valence-electron chi connectivity index (χ2n) is 3.08. The van der Waals surface area contributed by atoms with Gasteiger partial charge < -0.3 is 5.73 Å². The van der Waals surface area contributed by atoms with E-state index in [1.54, 1.807) is 0 Å². The summed E-state index contributed by atoms with van der Waals surface area (Å²) >= 11 is 6.91. The molecule has 0 fully saturated rings. The van der Waals surface area contributed by atoms with E-state index >= 15 is 0 Å². The predicted octanol–water partition coefficient (Wildman–Crippen LogP) is 3.08.